The predicted octanol–water partition coefficient (Wildman–Crippen LogP) is 3.03. The molecule has 1 aromatic carbocycles. The largest absolute Gasteiger partial charge is 0.481 e. The summed E-state index contributed by atoms with van der Waals surface area (Å²) in [6.07, 6.45) is 0.738. The number of hydrogen-bond donors (Lipinski definition) is 2. The fraction of sp³-hybridized carbons (Fsp3) is 0.231. The number of hydrogen-bond acceptors (Lipinski definition) is 5. The van der Waals surface area contributed by atoms with E-state index >= 15 is 0 Å². The molecule has 20 heavy (non-hydrogen) atoms. The molecular weight excluding hydrogens is 299 g/mol. The minimum atomic E-state index is 0.163. The van der Waals surface area contributed by atoms with Crippen molar-refractivity contribution in [2.75, 3.05) is 24.7 Å². The number of anilines is 2. The van der Waals surface area contributed by atoms with Gasteiger partial charge < -0.3 is 15.8 Å². The van der Waals surface area contributed by atoms with Crippen molar-refractivity contribution in [3.8, 4) is 5.88 Å². The van der Waals surface area contributed by atoms with Crippen molar-refractivity contribution >= 4 is 35.0 Å². The first-order chi connectivity index (χ1) is 9.58. The zero-order chi connectivity index (χ0) is 14.5. The Hall–Kier alpha value is -1.72. The number of methoxy groups -OCH3 is 1. The summed E-state index contributed by atoms with van der Waals surface area (Å²) >= 11 is 12.0. The van der Waals surface area contributed by atoms with Crippen LogP contribution in [0, 0.1) is 0 Å². The Morgan fingerprint density at radius 1 is 1.25 bits per heavy atom. The molecule has 0 aliphatic heterocycles. The van der Waals surface area contributed by atoms with Crippen LogP contribution in [0.4, 0.5) is 11.8 Å². The second-order valence-corrected chi connectivity index (χ2v) is 4.91. The Morgan fingerprint density at radius 2 is 2.05 bits per heavy atom. The van der Waals surface area contributed by atoms with E-state index in [9.17, 15) is 0 Å². The average Bonchev–Trinajstić information content (AvgIpc) is 2.40. The van der Waals surface area contributed by atoms with Gasteiger partial charge in [0.1, 0.15) is 5.82 Å². The maximum atomic E-state index is 6.11. The molecule has 0 aliphatic carbocycles. The second-order valence-electron chi connectivity index (χ2n) is 4.07. The van der Waals surface area contributed by atoms with Crippen molar-refractivity contribution in [2.24, 2.45) is 0 Å². The number of aromatic nitrogens is 2. The quantitative estimate of drug-likeness (QED) is 0.887. The Kier molecular flexibility index (Phi) is 4.87. The number of benzene rings is 1. The first-order valence-corrected chi connectivity index (χ1v) is 6.70. The highest BCUT2D eigenvalue weighted by Crippen LogP contribution is 2.21. The van der Waals surface area contributed by atoms with E-state index in [-0.39, 0.29) is 5.95 Å². The van der Waals surface area contributed by atoms with Gasteiger partial charge in [0.15, 0.2) is 0 Å². The van der Waals surface area contributed by atoms with Gasteiger partial charge >= 0.3 is 0 Å². The van der Waals surface area contributed by atoms with Gasteiger partial charge in [0.25, 0.3) is 0 Å². The van der Waals surface area contributed by atoms with Crippen LogP contribution < -0.4 is 15.8 Å². The molecule has 0 radical (unpaired) electrons. The van der Waals surface area contributed by atoms with Crippen LogP contribution in [0.2, 0.25) is 10.0 Å². The molecule has 0 spiro atoms. The Bertz CT molecular complexity index is 607. The number of halogens is 2. The van der Waals surface area contributed by atoms with E-state index in [1.807, 2.05) is 12.1 Å². The predicted molar refractivity (Wildman–Crippen MR) is 81.7 cm³/mol. The molecule has 7 heteroatoms. The molecule has 0 atom stereocenters. The number of nitrogens with two attached hydrogens (primary N) is 1. The highest BCUT2D eigenvalue weighted by Gasteiger charge is 2.04. The number of nitrogen functional groups attached to an aromatic ring is 1. The minimum absolute atomic E-state index is 0.163. The van der Waals surface area contributed by atoms with Gasteiger partial charge in [-0.2, -0.15) is 9.97 Å². The van der Waals surface area contributed by atoms with Gasteiger partial charge in [-0.05, 0) is 24.1 Å². The zero-order valence-corrected chi connectivity index (χ0v) is 12.4. The molecule has 1 aromatic heterocycles. The van der Waals surface area contributed by atoms with Crippen LogP contribution in [-0.2, 0) is 6.42 Å². The summed E-state index contributed by atoms with van der Waals surface area (Å²) in [6, 6.07) is 7.12. The summed E-state index contributed by atoms with van der Waals surface area (Å²) in [5.41, 5.74) is 6.59. The van der Waals surface area contributed by atoms with E-state index in [4.69, 9.17) is 33.7 Å². The van der Waals surface area contributed by atoms with Crippen molar-refractivity contribution in [1.82, 2.24) is 9.97 Å². The van der Waals surface area contributed by atoms with Crippen molar-refractivity contribution < 1.29 is 4.74 Å². The third-order valence-corrected chi connectivity index (χ3v) is 3.23. The van der Waals surface area contributed by atoms with Gasteiger partial charge in [0, 0.05) is 22.7 Å². The van der Waals surface area contributed by atoms with E-state index in [1.165, 1.54) is 7.11 Å². The molecule has 2 aromatic rings. The van der Waals surface area contributed by atoms with E-state index < -0.39 is 0 Å². The topological polar surface area (TPSA) is 73.1 Å². The number of nitrogens with zero attached hydrogens (tertiary/aromatic N) is 2. The highest BCUT2D eigenvalue weighted by atomic mass is 35.5. The molecule has 0 bridgehead atoms. The highest BCUT2D eigenvalue weighted by molar-refractivity contribution is 6.35. The van der Waals surface area contributed by atoms with Crippen molar-refractivity contribution in [2.45, 2.75) is 6.42 Å². The smallest absolute Gasteiger partial charge is 0.225 e. The lowest BCUT2D eigenvalue weighted by Gasteiger charge is -2.09. The van der Waals surface area contributed by atoms with Crippen LogP contribution in [0.3, 0.4) is 0 Å². The maximum Gasteiger partial charge on any atom is 0.225 e. The molecule has 3 N–H and O–H groups in total. The summed E-state index contributed by atoms with van der Waals surface area (Å²) in [7, 11) is 1.53. The third-order valence-electron chi connectivity index (χ3n) is 2.64. The molecule has 0 fully saturated rings. The van der Waals surface area contributed by atoms with Crippen molar-refractivity contribution in [1.29, 1.82) is 0 Å². The zero-order valence-electron chi connectivity index (χ0n) is 10.9. The van der Waals surface area contributed by atoms with Crippen LogP contribution in [0.1, 0.15) is 5.56 Å². The van der Waals surface area contributed by atoms with E-state index in [2.05, 4.69) is 15.3 Å². The second kappa shape index (κ2) is 6.63. The summed E-state index contributed by atoms with van der Waals surface area (Å²) in [5, 5.41) is 4.42. The third kappa shape index (κ3) is 3.88. The van der Waals surface area contributed by atoms with Crippen molar-refractivity contribution in [3.63, 3.8) is 0 Å². The molecule has 0 unspecified atom stereocenters. The molecule has 0 saturated carbocycles. The van der Waals surface area contributed by atoms with Gasteiger partial charge in [-0.1, -0.05) is 29.3 Å². The number of ether oxygens (including phenoxy) is 1. The maximum absolute atomic E-state index is 6.11. The van der Waals surface area contributed by atoms with E-state index in [1.54, 1.807) is 12.1 Å². The van der Waals surface area contributed by atoms with E-state index in [0.29, 0.717) is 28.3 Å². The van der Waals surface area contributed by atoms with Gasteiger partial charge in [-0.15, -0.1) is 0 Å². The van der Waals surface area contributed by atoms with Gasteiger partial charge in [0.2, 0.25) is 11.8 Å². The lowest BCUT2D eigenvalue weighted by atomic mass is 10.1. The Morgan fingerprint density at radius 3 is 2.75 bits per heavy atom. The van der Waals surface area contributed by atoms with Crippen LogP contribution in [0.25, 0.3) is 0 Å². The minimum Gasteiger partial charge on any atom is -0.481 e. The van der Waals surface area contributed by atoms with E-state index in [0.717, 1.165) is 12.0 Å². The fourth-order valence-electron chi connectivity index (χ4n) is 1.69. The van der Waals surface area contributed by atoms with Crippen LogP contribution in [-0.4, -0.2) is 23.6 Å². The molecule has 106 valence electrons. The Labute approximate surface area is 127 Å². The monoisotopic (exact) mass is 312 g/mol. The van der Waals surface area contributed by atoms with Gasteiger partial charge in [-0.25, -0.2) is 0 Å². The molecule has 0 saturated heterocycles. The summed E-state index contributed by atoms with van der Waals surface area (Å²) < 4.78 is 5.03. The molecule has 0 aliphatic rings. The summed E-state index contributed by atoms with van der Waals surface area (Å²) in [4.78, 5) is 7.98. The molecular formula is C13H14Cl2N4O. The lowest BCUT2D eigenvalue weighted by molar-refractivity contribution is 0.398. The van der Waals surface area contributed by atoms with Gasteiger partial charge in [-0.3, -0.25) is 0 Å². The normalized spacial score (nSPS) is 10.3. The lowest BCUT2D eigenvalue weighted by Crippen LogP contribution is -2.08. The first-order valence-electron chi connectivity index (χ1n) is 5.95. The van der Waals surface area contributed by atoms with Crippen LogP contribution in [0.15, 0.2) is 24.3 Å². The standard InChI is InChI=1S/C13H14Cl2N4O/c1-20-12-7-11(18-13(16)19-12)17-5-4-8-2-3-9(14)6-10(8)15/h2-3,6-7H,4-5H2,1H3,(H3,16,17,18,19). The summed E-state index contributed by atoms with van der Waals surface area (Å²) in [6.45, 7) is 0.654. The Balaban J connectivity index is 1.97. The van der Waals surface area contributed by atoms with Crippen LogP contribution >= 0.6 is 23.2 Å². The average molecular weight is 313 g/mol. The molecule has 2 rings (SSSR count). The molecule has 1 heterocycles. The SMILES string of the molecule is COc1cc(NCCc2ccc(Cl)cc2Cl)nc(N)n1. The number of nitrogens with one attached hydrogen (secondary N) is 1. The van der Waals surface area contributed by atoms with Crippen molar-refractivity contribution in [3.05, 3.63) is 39.9 Å². The van der Waals surface area contributed by atoms with Gasteiger partial charge in [0.05, 0.1) is 7.11 Å². The molecule has 5 nitrogen and oxygen atoms in total. The number of rotatable bonds is 5. The molecule has 0 amide bonds. The summed E-state index contributed by atoms with van der Waals surface area (Å²) in [5.74, 6) is 1.19. The fourth-order valence-corrected chi connectivity index (χ4v) is 2.19. The van der Waals surface area contributed by atoms with Crippen LogP contribution in [0.5, 0.6) is 5.88 Å². The first kappa shape index (κ1) is 14.7.